The van der Waals surface area contributed by atoms with Gasteiger partial charge in [0, 0.05) is 16.9 Å². The normalized spacial score (nSPS) is 13.1. The second-order valence-corrected chi connectivity index (χ2v) is 9.22. The number of unbranched alkanes of at least 4 members (excludes halogenated alkanes) is 1. The van der Waals surface area contributed by atoms with Crippen molar-refractivity contribution in [3.8, 4) is 0 Å². The fraction of sp³-hybridized carbons (Fsp3) is 0.200. The van der Waals surface area contributed by atoms with Crippen LogP contribution in [-0.4, -0.2) is 30.3 Å². The molecule has 0 radical (unpaired) electrons. The summed E-state index contributed by atoms with van der Waals surface area (Å²) >= 11 is 6.24. The number of anilines is 3. The molecule has 4 rings (SSSR count). The molecule has 3 amide bonds. The molecule has 1 heterocycles. The van der Waals surface area contributed by atoms with E-state index >= 15 is 0 Å². The molecule has 200 valence electrons. The average molecular weight is 546 g/mol. The first-order chi connectivity index (χ1) is 18.8. The van der Waals surface area contributed by atoms with Gasteiger partial charge in [-0.15, -0.1) is 0 Å². The Morgan fingerprint density at radius 1 is 0.872 bits per heavy atom. The number of para-hydroxylation sites is 1. The molecule has 0 aliphatic carbocycles. The summed E-state index contributed by atoms with van der Waals surface area (Å²) in [5.74, 6) is -2.07. The van der Waals surface area contributed by atoms with E-state index < -0.39 is 17.8 Å². The molecule has 0 saturated heterocycles. The first-order valence-corrected chi connectivity index (χ1v) is 13.0. The van der Waals surface area contributed by atoms with Gasteiger partial charge in [0.15, 0.2) is 0 Å². The van der Waals surface area contributed by atoms with E-state index in [1.165, 1.54) is 24.3 Å². The number of carbonyl (C=O) groups is 4. The number of carbonyl (C=O) groups excluding carboxylic acids is 4. The molecule has 9 heteroatoms. The molecular formula is C30H28ClN3O5. The van der Waals surface area contributed by atoms with Crippen LogP contribution in [0.25, 0.3) is 0 Å². The zero-order valence-corrected chi connectivity index (χ0v) is 22.4. The molecule has 0 saturated carbocycles. The highest BCUT2D eigenvalue weighted by atomic mass is 35.5. The highest BCUT2D eigenvalue weighted by molar-refractivity contribution is 6.53. The number of nitrogens with zero attached hydrogens (tertiary/aromatic N) is 1. The van der Waals surface area contributed by atoms with Crippen LogP contribution in [0.3, 0.4) is 0 Å². The van der Waals surface area contributed by atoms with Crippen LogP contribution in [0.1, 0.15) is 53.0 Å². The van der Waals surface area contributed by atoms with Gasteiger partial charge >= 0.3 is 5.97 Å². The van der Waals surface area contributed by atoms with E-state index in [0.29, 0.717) is 23.4 Å². The minimum atomic E-state index is -0.687. The highest BCUT2D eigenvalue weighted by Crippen LogP contribution is 2.30. The van der Waals surface area contributed by atoms with Crippen LogP contribution in [0.15, 0.2) is 83.5 Å². The molecule has 3 aromatic rings. The molecule has 0 bridgehead atoms. The average Bonchev–Trinajstić information content (AvgIpc) is 3.16. The monoisotopic (exact) mass is 545 g/mol. The third-order valence-electron chi connectivity index (χ3n) is 6.18. The molecule has 1 aliphatic heterocycles. The predicted octanol–water partition coefficient (Wildman–Crippen LogP) is 5.89. The third-order valence-corrected chi connectivity index (χ3v) is 6.53. The van der Waals surface area contributed by atoms with Crippen molar-refractivity contribution in [1.29, 1.82) is 0 Å². The minimum absolute atomic E-state index is 0.0845. The van der Waals surface area contributed by atoms with Crippen molar-refractivity contribution < 1.29 is 23.9 Å². The van der Waals surface area contributed by atoms with Gasteiger partial charge in [0.25, 0.3) is 17.7 Å². The quantitative estimate of drug-likeness (QED) is 0.187. The summed E-state index contributed by atoms with van der Waals surface area (Å²) in [5, 5.41) is 5.54. The maximum atomic E-state index is 13.1. The molecule has 0 fully saturated rings. The number of benzene rings is 3. The first-order valence-electron chi connectivity index (χ1n) is 12.7. The zero-order chi connectivity index (χ0) is 27.9. The lowest BCUT2D eigenvalue weighted by Crippen LogP contribution is -2.32. The zero-order valence-electron chi connectivity index (χ0n) is 21.6. The molecule has 39 heavy (non-hydrogen) atoms. The first kappa shape index (κ1) is 27.6. The van der Waals surface area contributed by atoms with Gasteiger partial charge in [0.1, 0.15) is 10.7 Å². The summed E-state index contributed by atoms with van der Waals surface area (Å²) in [4.78, 5) is 51.7. The van der Waals surface area contributed by atoms with Crippen LogP contribution in [0.5, 0.6) is 0 Å². The SMILES string of the molecule is CCCCOC(=O)c1ccc(N2C(=O)C(Cl)=C(Nc3ccc(C(=O)Nc4ccccc4CC)cc3)C2=O)cc1. The molecule has 0 atom stereocenters. The number of nitrogens with one attached hydrogen (secondary N) is 2. The van der Waals surface area contributed by atoms with E-state index in [1.807, 2.05) is 38.1 Å². The summed E-state index contributed by atoms with van der Waals surface area (Å²) in [6, 6.07) is 20.0. The maximum absolute atomic E-state index is 13.1. The van der Waals surface area contributed by atoms with E-state index in [4.69, 9.17) is 16.3 Å². The van der Waals surface area contributed by atoms with E-state index in [0.717, 1.165) is 35.4 Å². The Morgan fingerprint density at radius 2 is 1.54 bits per heavy atom. The largest absolute Gasteiger partial charge is 0.462 e. The van der Waals surface area contributed by atoms with Crippen LogP contribution in [0, 0.1) is 0 Å². The third kappa shape index (κ3) is 6.18. The van der Waals surface area contributed by atoms with Crippen molar-refractivity contribution in [3.05, 3.63) is 100 Å². The second-order valence-electron chi connectivity index (χ2n) is 8.84. The summed E-state index contributed by atoms with van der Waals surface area (Å²) in [7, 11) is 0. The lowest BCUT2D eigenvalue weighted by atomic mass is 10.1. The van der Waals surface area contributed by atoms with Crippen molar-refractivity contribution in [2.75, 3.05) is 22.1 Å². The molecule has 0 spiro atoms. The van der Waals surface area contributed by atoms with Crippen LogP contribution in [-0.2, 0) is 20.7 Å². The number of aryl methyl sites for hydroxylation is 1. The summed E-state index contributed by atoms with van der Waals surface area (Å²) < 4.78 is 5.19. The minimum Gasteiger partial charge on any atom is -0.462 e. The molecule has 0 aromatic heterocycles. The van der Waals surface area contributed by atoms with Crippen LogP contribution < -0.4 is 15.5 Å². The summed E-state index contributed by atoms with van der Waals surface area (Å²) in [6.07, 6.45) is 2.46. The molecule has 0 unspecified atom stereocenters. The van der Waals surface area contributed by atoms with Crippen molar-refractivity contribution in [2.24, 2.45) is 0 Å². The van der Waals surface area contributed by atoms with Gasteiger partial charge in [0.05, 0.1) is 17.9 Å². The van der Waals surface area contributed by atoms with Gasteiger partial charge < -0.3 is 15.4 Å². The number of rotatable bonds is 10. The molecule has 1 aliphatic rings. The summed E-state index contributed by atoms with van der Waals surface area (Å²) in [5.41, 5.74) is 3.18. The number of ether oxygens (including phenoxy) is 1. The number of imide groups is 1. The van der Waals surface area contributed by atoms with Crippen molar-refractivity contribution >= 4 is 52.4 Å². The van der Waals surface area contributed by atoms with Crippen LogP contribution in [0.4, 0.5) is 17.1 Å². The molecule has 3 aromatic carbocycles. The number of amides is 3. The number of hydrogen-bond donors (Lipinski definition) is 2. The lowest BCUT2D eigenvalue weighted by Gasteiger charge is -2.15. The second kappa shape index (κ2) is 12.4. The topological polar surface area (TPSA) is 105 Å². The fourth-order valence-electron chi connectivity index (χ4n) is 3.98. The van der Waals surface area contributed by atoms with Crippen molar-refractivity contribution in [2.45, 2.75) is 33.1 Å². The van der Waals surface area contributed by atoms with E-state index in [1.54, 1.807) is 24.3 Å². The Kier molecular flexibility index (Phi) is 8.78. The van der Waals surface area contributed by atoms with E-state index in [9.17, 15) is 19.2 Å². The predicted molar refractivity (Wildman–Crippen MR) is 151 cm³/mol. The molecule has 2 N–H and O–H groups in total. The molecular weight excluding hydrogens is 518 g/mol. The number of halogens is 1. The number of esters is 1. The van der Waals surface area contributed by atoms with Gasteiger partial charge in [-0.05, 0) is 73.0 Å². The molecule has 8 nitrogen and oxygen atoms in total. The number of hydrogen-bond acceptors (Lipinski definition) is 6. The van der Waals surface area contributed by atoms with E-state index in [-0.39, 0.29) is 22.3 Å². The van der Waals surface area contributed by atoms with Crippen molar-refractivity contribution in [1.82, 2.24) is 0 Å². The van der Waals surface area contributed by atoms with Crippen molar-refractivity contribution in [3.63, 3.8) is 0 Å². The van der Waals surface area contributed by atoms with Crippen LogP contribution in [0.2, 0.25) is 0 Å². The maximum Gasteiger partial charge on any atom is 0.338 e. The van der Waals surface area contributed by atoms with Gasteiger partial charge in [-0.25, -0.2) is 9.69 Å². The Bertz CT molecular complexity index is 1430. The van der Waals surface area contributed by atoms with Gasteiger partial charge in [-0.1, -0.05) is 50.1 Å². The Labute approximate surface area is 231 Å². The van der Waals surface area contributed by atoms with Gasteiger partial charge in [0.2, 0.25) is 0 Å². The standard InChI is InChI=1S/C30H28ClN3O5/c1-3-5-18-39-30(38)21-12-16-23(17-13-21)34-28(36)25(31)26(29(34)37)32-22-14-10-20(11-15-22)27(35)33-24-9-7-6-8-19(24)4-2/h6-17,32H,3-5,18H2,1-2H3,(H,33,35). The van der Waals surface area contributed by atoms with Gasteiger partial charge in [-0.3, -0.25) is 14.4 Å². The Balaban J connectivity index is 1.42. The lowest BCUT2D eigenvalue weighted by molar-refractivity contribution is -0.120. The van der Waals surface area contributed by atoms with Gasteiger partial charge in [-0.2, -0.15) is 0 Å². The smallest absolute Gasteiger partial charge is 0.338 e. The van der Waals surface area contributed by atoms with Crippen LogP contribution >= 0.6 is 11.6 Å². The Morgan fingerprint density at radius 3 is 2.21 bits per heavy atom. The Hall–Kier alpha value is -4.43. The fourth-order valence-corrected chi connectivity index (χ4v) is 4.19. The summed E-state index contributed by atoms with van der Waals surface area (Å²) in [6.45, 7) is 4.34. The highest BCUT2D eigenvalue weighted by Gasteiger charge is 2.39. The van der Waals surface area contributed by atoms with E-state index in [2.05, 4.69) is 10.6 Å².